The molecule has 0 aromatic heterocycles. The van der Waals surface area contributed by atoms with Crippen LogP contribution in [0.2, 0.25) is 0 Å². The Morgan fingerprint density at radius 2 is 1.89 bits per heavy atom. The van der Waals surface area contributed by atoms with Crippen LogP contribution in [0.1, 0.15) is 37.3 Å². The minimum Gasteiger partial charge on any atom is -0.497 e. The Bertz CT molecular complexity index is 1520. The van der Waals surface area contributed by atoms with Crippen molar-refractivity contribution in [3.05, 3.63) is 65.7 Å². The quantitative estimate of drug-likeness (QED) is 0.166. The van der Waals surface area contributed by atoms with E-state index in [1.807, 2.05) is 0 Å². The standard InChI is InChI=1S/C33H41N3O11/c1-18(6-3-10-25(38)35-13-5-9-21(35)17-37)33(45)23-15-22(46-2)11-12-24(23)36(32(33)44)16-19-7-4-8-20(14-19)34-30(42)29-27(40)26(39)28(41)31(43)47-29/h3-4,6-8,11-12,14-15,18,21,26-29,31,37,39-41,43,45H,5,9-10,13,16-17H2,1-2H3,(H,34,42)/b6-3+/t18-,21+,26+,27+,28-,29+,31-,33+/m1/s1. The van der Waals surface area contributed by atoms with E-state index in [-0.39, 0.29) is 37.2 Å². The molecule has 14 heteroatoms. The maximum Gasteiger partial charge on any atom is 0.264 e. The number of likely N-dealkylation sites (tertiary alicyclic amines) is 1. The normalized spacial score (nSPS) is 29.7. The molecule has 2 saturated heterocycles. The number of amides is 3. The zero-order chi connectivity index (χ0) is 34.0. The maximum absolute atomic E-state index is 14.0. The largest absolute Gasteiger partial charge is 0.497 e. The number of carbonyl (C=O) groups excluding carboxylic acids is 3. The fraction of sp³-hybridized carbons (Fsp3) is 0.485. The highest BCUT2D eigenvalue weighted by Gasteiger charge is 2.53. The summed E-state index contributed by atoms with van der Waals surface area (Å²) in [6.45, 7) is 2.17. The molecule has 14 nitrogen and oxygen atoms in total. The molecule has 0 unspecified atom stereocenters. The Kier molecular flexibility index (Phi) is 10.3. The Morgan fingerprint density at radius 1 is 1.13 bits per heavy atom. The molecule has 0 radical (unpaired) electrons. The molecule has 2 aromatic carbocycles. The first kappa shape index (κ1) is 34.4. The van der Waals surface area contributed by atoms with Gasteiger partial charge in [0.1, 0.15) is 24.1 Å². The molecule has 0 bridgehead atoms. The monoisotopic (exact) mass is 655 g/mol. The lowest BCUT2D eigenvalue weighted by Crippen LogP contribution is -2.60. The minimum atomic E-state index is -1.99. The smallest absolute Gasteiger partial charge is 0.264 e. The number of anilines is 2. The van der Waals surface area contributed by atoms with Crippen LogP contribution < -0.4 is 15.0 Å². The van der Waals surface area contributed by atoms with Gasteiger partial charge in [-0.25, -0.2) is 0 Å². The molecular weight excluding hydrogens is 614 g/mol. The molecule has 254 valence electrons. The molecule has 3 aliphatic heterocycles. The lowest BCUT2D eigenvalue weighted by molar-refractivity contribution is -0.274. The summed E-state index contributed by atoms with van der Waals surface area (Å²) in [7, 11) is 1.48. The number of nitrogens with one attached hydrogen (secondary N) is 1. The first-order valence-corrected chi connectivity index (χ1v) is 15.5. The molecule has 0 aliphatic carbocycles. The van der Waals surface area contributed by atoms with Crippen molar-refractivity contribution in [3.8, 4) is 5.75 Å². The summed E-state index contributed by atoms with van der Waals surface area (Å²) >= 11 is 0. The van der Waals surface area contributed by atoms with Gasteiger partial charge in [-0.1, -0.05) is 31.2 Å². The van der Waals surface area contributed by atoms with Crippen molar-refractivity contribution in [1.82, 2.24) is 4.90 Å². The lowest BCUT2D eigenvalue weighted by Gasteiger charge is -2.37. The fourth-order valence-corrected chi connectivity index (χ4v) is 6.41. The number of carbonyl (C=O) groups is 3. The van der Waals surface area contributed by atoms with Gasteiger partial charge < -0.3 is 55.2 Å². The van der Waals surface area contributed by atoms with Crippen molar-refractivity contribution in [2.24, 2.45) is 5.92 Å². The number of fused-ring (bicyclic) bond motifs is 1. The molecule has 2 aromatic rings. The molecule has 5 rings (SSSR count). The Balaban J connectivity index is 1.33. The van der Waals surface area contributed by atoms with Gasteiger partial charge in [-0.05, 0) is 48.7 Å². The maximum atomic E-state index is 14.0. The summed E-state index contributed by atoms with van der Waals surface area (Å²) < 4.78 is 10.4. The van der Waals surface area contributed by atoms with Gasteiger partial charge in [-0.2, -0.15) is 0 Å². The van der Waals surface area contributed by atoms with Gasteiger partial charge in [0.15, 0.2) is 18.0 Å². The van der Waals surface area contributed by atoms with E-state index in [9.17, 15) is 45.0 Å². The number of nitrogens with zero attached hydrogens (tertiary/aromatic N) is 2. The molecular formula is C33H41N3O11. The number of ether oxygens (including phenoxy) is 2. The third-order valence-electron chi connectivity index (χ3n) is 9.14. The number of hydrogen-bond acceptors (Lipinski definition) is 11. The SMILES string of the molecule is COc1ccc2c(c1)[C@@](O)([C@H](C)/C=C/CC(=O)N1CCC[C@H]1CO)C(=O)N2Cc1cccc(NC(=O)[C@H]2O[C@@H](O)[C@H](O)[C@@H](O)[C@@H]2O)c1. The molecule has 3 aliphatic rings. The topological polar surface area (TPSA) is 210 Å². The predicted molar refractivity (Wildman–Crippen MR) is 167 cm³/mol. The van der Waals surface area contributed by atoms with Gasteiger partial charge in [0.2, 0.25) is 5.91 Å². The van der Waals surface area contributed by atoms with Crippen LogP contribution in [0.15, 0.2) is 54.6 Å². The average molecular weight is 656 g/mol. The van der Waals surface area contributed by atoms with Gasteiger partial charge in [-0.15, -0.1) is 0 Å². The number of aliphatic hydroxyl groups excluding tert-OH is 5. The zero-order valence-corrected chi connectivity index (χ0v) is 26.1. The van der Waals surface area contributed by atoms with Crippen molar-refractivity contribution in [2.45, 2.75) is 75.1 Å². The number of methoxy groups -OCH3 is 1. The van der Waals surface area contributed by atoms with Crippen molar-refractivity contribution in [3.63, 3.8) is 0 Å². The first-order chi connectivity index (χ1) is 22.4. The van der Waals surface area contributed by atoms with E-state index >= 15 is 0 Å². The molecule has 2 fully saturated rings. The highest BCUT2D eigenvalue weighted by atomic mass is 16.6. The zero-order valence-electron chi connectivity index (χ0n) is 26.1. The van der Waals surface area contributed by atoms with Crippen LogP contribution in [0.5, 0.6) is 5.75 Å². The van der Waals surface area contributed by atoms with Crippen molar-refractivity contribution in [1.29, 1.82) is 0 Å². The summed E-state index contributed by atoms with van der Waals surface area (Å²) in [6, 6.07) is 11.2. The number of hydrogen-bond donors (Lipinski definition) is 7. The van der Waals surface area contributed by atoms with Gasteiger partial charge in [-0.3, -0.25) is 14.4 Å². The van der Waals surface area contributed by atoms with Crippen LogP contribution in [0, 0.1) is 5.92 Å². The highest BCUT2D eigenvalue weighted by Crippen LogP contribution is 2.47. The van der Waals surface area contributed by atoms with E-state index in [2.05, 4.69) is 5.32 Å². The van der Waals surface area contributed by atoms with E-state index in [1.54, 1.807) is 66.4 Å². The van der Waals surface area contributed by atoms with Gasteiger partial charge in [0, 0.05) is 30.1 Å². The second kappa shape index (κ2) is 14.1. The van der Waals surface area contributed by atoms with Crippen molar-refractivity contribution < 1.29 is 54.5 Å². The molecule has 0 spiro atoms. The fourth-order valence-electron chi connectivity index (χ4n) is 6.41. The van der Waals surface area contributed by atoms with E-state index < -0.39 is 54.0 Å². The van der Waals surface area contributed by atoms with Crippen molar-refractivity contribution in [2.75, 3.05) is 30.5 Å². The van der Waals surface area contributed by atoms with Crippen LogP contribution in [0.4, 0.5) is 11.4 Å². The average Bonchev–Trinajstić information content (AvgIpc) is 3.63. The summed E-state index contributed by atoms with van der Waals surface area (Å²) in [6.07, 6.45) is -4.03. The minimum absolute atomic E-state index is 0.00276. The molecule has 8 atom stereocenters. The molecule has 3 amide bonds. The van der Waals surface area contributed by atoms with Crippen molar-refractivity contribution >= 4 is 29.1 Å². The summed E-state index contributed by atoms with van der Waals surface area (Å²) in [5, 5.41) is 63.8. The Hall–Kier alpha value is -3.89. The summed E-state index contributed by atoms with van der Waals surface area (Å²) in [5.41, 5.74) is -0.375. The van der Waals surface area contributed by atoms with Crippen LogP contribution in [-0.4, -0.2) is 110 Å². The molecule has 47 heavy (non-hydrogen) atoms. The second-order valence-corrected chi connectivity index (χ2v) is 12.1. The predicted octanol–water partition coefficient (Wildman–Crippen LogP) is -0.266. The Labute approximate surface area is 271 Å². The number of rotatable bonds is 10. The molecule has 7 N–H and O–H groups in total. The van der Waals surface area contributed by atoms with E-state index in [0.29, 0.717) is 29.1 Å². The van der Waals surface area contributed by atoms with Gasteiger partial charge in [0.25, 0.3) is 11.8 Å². The highest BCUT2D eigenvalue weighted by molar-refractivity contribution is 6.07. The van der Waals surface area contributed by atoms with Gasteiger partial charge >= 0.3 is 0 Å². The van der Waals surface area contributed by atoms with Gasteiger partial charge in [0.05, 0.1) is 32.0 Å². The Morgan fingerprint density at radius 3 is 2.62 bits per heavy atom. The number of aliphatic hydroxyl groups is 6. The summed E-state index contributed by atoms with van der Waals surface area (Å²) in [5.74, 6) is -1.92. The number of benzene rings is 2. The van der Waals surface area contributed by atoms with Crippen LogP contribution in [0.25, 0.3) is 0 Å². The third kappa shape index (κ3) is 6.63. The third-order valence-corrected chi connectivity index (χ3v) is 9.14. The van der Waals surface area contributed by atoms with E-state index in [0.717, 1.165) is 12.8 Å². The summed E-state index contributed by atoms with van der Waals surface area (Å²) in [4.78, 5) is 42.7. The van der Waals surface area contributed by atoms with E-state index in [4.69, 9.17) is 9.47 Å². The van der Waals surface area contributed by atoms with Crippen LogP contribution in [0.3, 0.4) is 0 Å². The van der Waals surface area contributed by atoms with E-state index in [1.165, 1.54) is 12.0 Å². The first-order valence-electron chi connectivity index (χ1n) is 15.5. The lowest BCUT2D eigenvalue weighted by atomic mass is 9.83. The second-order valence-electron chi connectivity index (χ2n) is 12.1. The molecule has 0 saturated carbocycles. The van der Waals surface area contributed by atoms with Crippen LogP contribution >= 0.6 is 0 Å². The van der Waals surface area contributed by atoms with Crippen LogP contribution in [-0.2, 0) is 31.3 Å². The molecule has 3 heterocycles.